The first-order chi connectivity index (χ1) is 9.85. The summed E-state index contributed by atoms with van der Waals surface area (Å²) in [6.45, 7) is 11.8. The van der Waals surface area contributed by atoms with Crippen molar-refractivity contribution in [2.24, 2.45) is 0 Å². The summed E-state index contributed by atoms with van der Waals surface area (Å²) in [5.41, 5.74) is 4.15. The van der Waals surface area contributed by atoms with Crippen LogP contribution in [0, 0.1) is 13.8 Å². The molecule has 2 heteroatoms. The molecule has 2 rings (SSSR count). The van der Waals surface area contributed by atoms with Crippen LogP contribution in [0.25, 0.3) is 0 Å². The third kappa shape index (κ3) is 4.90. The van der Waals surface area contributed by atoms with Crippen LogP contribution in [-0.2, 0) is 6.54 Å². The van der Waals surface area contributed by atoms with Gasteiger partial charge >= 0.3 is 0 Å². The largest absolute Gasteiger partial charge is 0.308 e. The second-order valence-electron chi connectivity index (χ2n) is 6.58. The van der Waals surface area contributed by atoms with E-state index in [4.69, 9.17) is 0 Å². The lowest BCUT2D eigenvalue weighted by Crippen LogP contribution is -2.35. The monoisotopic (exact) mass is 299 g/mol. The molecule has 0 saturated carbocycles. The maximum atomic E-state index is 3.58. The van der Waals surface area contributed by atoms with E-state index in [1.54, 1.807) is 0 Å². The lowest BCUT2D eigenvalue weighted by molar-refractivity contribution is 0.422. The fourth-order valence-corrected chi connectivity index (χ4v) is 3.17. The van der Waals surface area contributed by atoms with E-state index in [1.165, 1.54) is 26.5 Å². The molecular weight excluding hydrogens is 274 g/mol. The van der Waals surface area contributed by atoms with Gasteiger partial charge in [0, 0.05) is 21.9 Å². The molecule has 2 aromatic rings. The minimum atomic E-state index is 0.136. The Balaban J connectivity index is 2.22. The summed E-state index contributed by atoms with van der Waals surface area (Å²) >= 11 is 1.87. The average Bonchev–Trinajstić information content (AvgIpc) is 2.41. The molecule has 0 aromatic heterocycles. The first-order valence-corrected chi connectivity index (χ1v) is 8.25. The molecule has 0 spiro atoms. The Morgan fingerprint density at radius 2 is 1.67 bits per heavy atom. The minimum Gasteiger partial charge on any atom is -0.308 e. The molecule has 0 aliphatic rings. The third-order valence-corrected chi connectivity index (χ3v) is 4.62. The Hall–Kier alpha value is -1.25. The second kappa shape index (κ2) is 6.67. The van der Waals surface area contributed by atoms with Crippen molar-refractivity contribution in [1.29, 1.82) is 0 Å². The van der Waals surface area contributed by atoms with Crippen molar-refractivity contribution in [3.05, 3.63) is 59.2 Å². The van der Waals surface area contributed by atoms with Crippen LogP contribution in [-0.4, -0.2) is 5.54 Å². The highest BCUT2D eigenvalue weighted by Crippen LogP contribution is 2.33. The van der Waals surface area contributed by atoms with Gasteiger partial charge < -0.3 is 5.32 Å². The summed E-state index contributed by atoms with van der Waals surface area (Å²) in [5, 5.41) is 3.58. The van der Waals surface area contributed by atoms with Gasteiger partial charge in [0.2, 0.25) is 0 Å². The number of hydrogen-bond donors (Lipinski definition) is 1. The average molecular weight is 299 g/mol. The number of rotatable bonds is 4. The highest BCUT2D eigenvalue weighted by Gasteiger charge is 2.11. The molecule has 0 radical (unpaired) electrons. The molecule has 21 heavy (non-hydrogen) atoms. The summed E-state index contributed by atoms with van der Waals surface area (Å²) in [7, 11) is 0. The lowest BCUT2D eigenvalue weighted by Gasteiger charge is -2.21. The van der Waals surface area contributed by atoms with Crippen LogP contribution in [0.3, 0.4) is 0 Å². The van der Waals surface area contributed by atoms with Gasteiger partial charge in [0.15, 0.2) is 0 Å². The minimum absolute atomic E-state index is 0.136. The number of aryl methyl sites for hydroxylation is 2. The molecule has 1 nitrogen and oxygen atoms in total. The molecular formula is C19H25NS. The lowest BCUT2D eigenvalue weighted by atomic mass is 10.1. The van der Waals surface area contributed by atoms with Crippen LogP contribution in [0.1, 0.15) is 37.5 Å². The molecule has 0 fully saturated rings. The normalized spacial score (nSPS) is 11.7. The van der Waals surface area contributed by atoms with Gasteiger partial charge in [0.05, 0.1) is 0 Å². The van der Waals surface area contributed by atoms with Crippen molar-refractivity contribution in [3.63, 3.8) is 0 Å². The Bertz CT molecular complexity index is 611. The predicted molar refractivity (Wildman–Crippen MR) is 93.1 cm³/mol. The van der Waals surface area contributed by atoms with E-state index < -0.39 is 0 Å². The summed E-state index contributed by atoms with van der Waals surface area (Å²) in [4.78, 5) is 2.68. The topological polar surface area (TPSA) is 12.0 Å². The van der Waals surface area contributed by atoms with Gasteiger partial charge in [-0.25, -0.2) is 0 Å². The van der Waals surface area contributed by atoms with Gasteiger partial charge in [0.1, 0.15) is 0 Å². The summed E-state index contributed by atoms with van der Waals surface area (Å²) in [5.74, 6) is 0. The van der Waals surface area contributed by atoms with E-state index >= 15 is 0 Å². The highest BCUT2D eigenvalue weighted by molar-refractivity contribution is 7.99. The van der Waals surface area contributed by atoms with Crippen LogP contribution >= 0.6 is 11.8 Å². The molecule has 1 N–H and O–H groups in total. The van der Waals surface area contributed by atoms with E-state index in [9.17, 15) is 0 Å². The van der Waals surface area contributed by atoms with Gasteiger partial charge in [-0.05, 0) is 63.4 Å². The molecule has 0 amide bonds. The maximum Gasteiger partial charge on any atom is 0.0221 e. The van der Waals surface area contributed by atoms with Crippen molar-refractivity contribution >= 4 is 11.8 Å². The van der Waals surface area contributed by atoms with Crippen LogP contribution in [0.2, 0.25) is 0 Å². The number of benzene rings is 2. The zero-order valence-electron chi connectivity index (χ0n) is 13.7. The molecule has 0 aliphatic carbocycles. The Labute approximate surface area is 133 Å². The van der Waals surface area contributed by atoms with Gasteiger partial charge in [-0.2, -0.15) is 0 Å². The Morgan fingerprint density at radius 3 is 2.38 bits per heavy atom. The van der Waals surface area contributed by atoms with E-state index in [1.807, 2.05) is 11.8 Å². The van der Waals surface area contributed by atoms with E-state index in [-0.39, 0.29) is 5.54 Å². The highest BCUT2D eigenvalue weighted by atomic mass is 32.2. The zero-order chi connectivity index (χ0) is 15.5. The van der Waals surface area contributed by atoms with E-state index in [2.05, 4.69) is 82.4 Å². The SMILES string of the molecule is Cc1ccc(C)c(Sc2ccccc2CNC(C)(C)C)c1. The fraction of sp³-hybridized carbons (Fsp3) is 0.368. The van der Waals surface area contributed by atoms with E-state index in [0.29, 0.717) is 0 Å². The van der Waals surface area contributed by atoms with Crippen molar-refractivity contribution in [1.82, 2.24) is 5.32 Å². The molecule has 0 heterocycles. The van der Waals surface area contributed by atoms with Crippen molar-refractivity contribution < 1.29 is 0 Å². The first-order valence-electron chi connectivity index (χ1n) is 7.43. The quantitative estimate of drug-likeness (QED) is 0.817. The van der Waals surface area contributed by atoms with Gasteiger partial charge in [0.25, 0.3) is 0 Å². The first kappa shape index (κ1) is 16.1. The maximum absolute atomic E-state index is 3.58. The summed E-state index contributed by atoms with van der Waals surface area (Å²) < 4.78 is 0. The molecule has 0 saturated heterocycles. The number of hydrogen-bond acceptors (Lipinski definition) is 2. The van der Waals surface area contributed by atoms with Gasteiger partial charge in [-0.3, -0.25) is 0 Å². The standard InChI is InChI=1S/C19H25NS/c1-14-10-11-15(2)18(12-14)21-17-9-7-6-8-16(17)13-20-19(3,4)5/h6-12,20H,13H2,1-5H3. The molecule has 0 bridgehead atoms. The summed E-state index contributed by atoms with van der Waals surface area (Å²) in [6.07, 6.45) is 0. The van der Waals surface area contributed by atoms with Crippen molar-refractivity contribution in [2.45, 2.75) is 56.5 Å². The zero-order valence-corrected chi connectivity index (χ0v) is 14.5. The van der Waals surface area contributed by atoms with Crippen molar-refractivity contribution in [2.75, 3.05) is 0 Å². The smallest absolute Gasteiger partial charge is 0.0221 e. The van der Waals surface area contributed by atoms with Gasteiger partial charge in [-0.15, -0.1) is 0 Å². The predicted octanol–water partition coefficient (Wildman–Crippen LogP) is 5.34. The third-order valence-electron chi connectivity index (χ3n) is 3.35. The Morgan fingerprint density at radius 1 is 0.952 bits per heavy atom. The van der Waals surface area contributed by atoms with E-state index in [0.717, 1.165) is 6.54 Å². The molecule has 2 aromatic carbocycles. The fourth-order valence-electron chi connectivity index (χ4n) is 2.05. The number of nitrogens with one attached hydrogen (secondary N) is 1. The molecule has 0 aliphatic heterocycles. The van der Waals surface area contributed by atoms with Crippen molar-refractivity contribution in [3.8, 4) is 0 Å². The van der Waals surface area contributed by atoms with Gasteiger partial charge in [-0.1, -0.05) is 42.1 Å². The van der Waals surface area contributed by atoms with Crippen LogP contribution < -0.4 is 5.32 Å². The molecule has 0 unspecified atom stereocenters. The molecule has 0 atom stereocenters. The Kier molecular flexibility index (Phi) is 5.13. The molecule has 112 valence electrons. The van der Waals surface area contributed by atoms with Crippen LogP contribution in [0.4, 0.5) is 0 Å². The second-order valence-corrected chi connectivity index (χ2v) is 7.67. The van der Waals surface area contributed by atoms with Crippen LogP contribution in [0.5, 0.6) is 0 Å². The summed E-state index contributed by atoms with van der Waals surface area (Å²) in [6, 6.07) is 15.3. The van der Waals surface area contributed by atoms with Crippen LogP contribution in [0.15, 0.2) is 52.3 Å².